The summed E-state index contributed by atoms with van der Waals surface area (Å²) in [6.45, 7) is 11.7. The minimum absolute atomic E-state index is 0. The van der Waals surface area contributed by atoms with E-state index in [9.17, 15) is 35.1 Å². The Labute approximate surface area is 248 Å². The fourth-order valence-electron chi connectivity index (χ4n) is 7.59. The number of carbonyl (C=O) groups is 2. The smallest absolute Gasteiger partial charge is 0.335 e. The third-order valence-electron chi connectivity index (χ3n) is 9.98. The van der Waals surface area contributed by atoms with Gasteiger partial charge >= 0.3 is 5.97 Å². The molecule has 201 valence electrons. The molecular formula is C26H40AcO9. The maximum Gasteiger partial charge on any atom is 0.335 e. The number of hydrogen-bond donors (Lipinski definition) is 5. The van der Waals surface area contributed by atoms with E-state index in [0.29, 0.717) is 5.57 Å². The molecule has 36 heavy (non-hydrogen) atoms. The first kappa shape index (κ1) is 30.6. The van der Waals surface area contributed by atoms with Crippen LogP contribution in [0.25, 0.3) is 0 Å². The van der Waals surface area contributed by atoms with E-state index >= 15 is 0 Å². The Kier molecular flexibility index (Phi) is 8.18. The van der Waals surface area contributed by atoms with Gasteiger partial charge in [0.2, 0.25) is 0 Å². The molecular weight excluding hydrogens is 683 g/mol. The number of esters is 1. The number of ketones is 1. The standard InChI is InChI=1S/C26H40O9.Ac/c1-11(2)18(28)22(31)35-14-9-26(33)13(4)20-24(7,15(27)8-16-25(20,32)10-34-16)21(30)19(29)17(12(14)3)23(26,5)6;/h11,13-16,18-20,27-29,32-33H,8-10H2,1-7H3;/t13-,14?,15?,16?,18?,19?,20?,24+,25-,26?;/m0./s1. The molecule has 0 spiro atoms. The Balaban J connectivity index is 0.00000361. The largest absolute Gasteiger partial charge is 0.456 e. The molecule has 3 fully saturated rings. The van der Waals surface area contributed by atoms with Crippen molar-refractivity contribution in [3.05, 3.63) is 11.1 Å². The maximum absolute atomic E-state index is 14.0. The van der Waals surface area contributed by atoms with Crippen molar-refractivity contribution in [1.29, 1.82) is 0 Å². The van der Waals surface area contributed by atoms with Crippen LogP contribution in [0.1, 0.15) is 61.3 Å². The maximum atomic E-state index is 14.0. The van der Waals surface area contributed by atoms with Crippen LogP contribution in [0.15, 0.2) is 11.1 Å². The summed E-state index contributed by atoms with van der Waals surface area (Å²) in [6, 6.07) is 0. The van der Waals surface area contributed by atoms with Crippen LogP contribution in [-0.2, 0) is 19.1 Å². The third kappa shape index (κ3) is 3.88. The predicted octanol–water partition coefficient (Wildman–Crippen LogP) is 0.489. The SMILES string of the molecule is CC1=C2C(O)C(=O)[C@]3(C)C(O)CC4OC[C@@]4(O)C3[C@H](C)C(O)(CC1OC(=O)C(O)C(C)C)C2(C)C.[Ac]. The van der Waals surface area contributed by atoms with Crippen molar-refractivity contribution in [2.45, 2.75) is 103 Å². The Hall–Kier alpha value is 0.0816. The number of Topliss-reactive ketones (excluding diaryl/α,β-unsaturated/α-hetero) is 1. The van der Waals surface area contributed by atoms with Crippen molar-refractivity contribution in [3.8, 4) is 0 Å². The zero-order valence-electron chi connectivity index (χ0n) is 22.2. The number of fused-ring (bicyclic) bond motifs is 5. The Morgan fingerprint density at radius 3 is 2.25 bits per heavy atom. The molecule has 5 N–H and O–H groups in total. The van der Waals surface area contributed by atoms with Crippen molar-refractivity contribution >= 4 is 11.8 Å². The molecule has 1 saturated heterocycles. The molecule has 10 atom stereocenters. The minimum atomic E-state index is -1.69. The van der Waals surface area contributed by atoms with Crippen molar-refractivity contribution in [2.24, 2.45) is 28.6 Å². The van der Waals surface area contributed by atoms with E-state index in [0.717, 1.165) is 0 Å². The Morgan fingerprint density at radius 2 is 1.75 bits per heavy atom. The van der Waals surface area contributed by atoms with Crippen LogP contribution in [0.3, 0.4) is 0 Å². The molecule has 0 aromatic carbocycles. The fourth-order valence-corrected chi connectivity index (χ4v) is 7.59. The number of ether oxygens (including phenoxy) is 2. The number of aliphatic hydroxyl groups excluding tert-OH is 3. The molecule has 1 radical (unpaired) electrons. The van der Waals surface area contributed by atoms with Gasteiger partial charge in [0.15, 0.2) is 11.9 Å². The number of hydrogen-bond acceptors (Lipinski definition) is 9. The molecule has 3 aliphatic carbocycles. The van der Waals surface area contributed by atoms with Crippen LogP contribution < -0.4 is 0 Å². The van der Waals surface area contributed by atoms with E-state index in [1.165, 1.54) is 0 Å². The molecule has 1 aliphatic heterocycles. The van der Waals surface area contributed by atoms with Crippen molar-refractivity contribution in [1.82, 2.24) is 0 Å². The zero-order chi connectivity index (χ0) is 26.5. The third-order valence-corrected chi connectivity index (χ3v) is 9.98. The number of aliphatic hydroxyl groups is 5. The molecule has 0 aromatic heterocycles. The van der Waals surface area contributed by atoms with Gasteiger partial charge in [0, 0.05) is 68.2 Å². The number of rotatable bonds is 3. The van der Waals surface area contributed by atoms with E-state index in [1.54, 1.807) is 48.5 Å². The normalized spacial score (nSPS) is 46.4. The summed E-state index contributed by atoms with van der Waals surface area (Å²) in [5, 5.41) is 56.9. The minimum Gasteiger partial charge on any atom is -0.456 e. The van der Waals surface area contributed by atoms with Gasteiger partial charge in [0.25, 0.3) is 0 Å². The predicted molar refractivity (Wildman–Crippen MR) is 124 cm³/mol. The van der Waals surface area contributed by atoms with Gasteiger partial charge in [-0.3, -0.25) is 4.79 Å². The second-order valence-electron chi connectivity index (χ2n) is 12.3. The van der Waals surface area contributed by atoms with E-state index in [-0.39, 0.29) is 75.0 Å². The Morgan fingerprint density at radius 1 is 1.17 bits per heavy atom. The molecule has 0 amide bonds. The average Bonchev–Trinajstić information content (AvgIpc) is 2.76. The molecule has 9 nitrogen and oxygen atoms in total. The number of carbonyl (C=O) groups excluding carboxylic acids is 2. The Bertz CT molecular complexity index is 963. The van der Waals surface area contributed by atoms with Crippen molar-refractivity contribution < 1.29 is 88.7 Å². The van der Waals surface area contributed by atoms with Gasteiger partial charge in [-0.25, -0.2) is 4.79 Å². The quantitative estimate of drug-likeness (QED) is 0.207. The van der Waals surface area contributed by atoms with Crippen LogP contribution in [0.4, 0.5) is 0 Å². The van der Waals surface area contributed by atoms with Crippen LogP contribution in [0.2, 0.25) is 0 Å². The van der Waals surface area contributed by atoms with Crippen molar-refractivity contribution in [3.63, 3.8) is 0 Å². The van der Waals surface area contributed by atoms with E-state index < -0.39 is 76.1 Å². The van der Waals surface area contributed by atoms with Gasteiger partial charge in [-0.05, 0) is 36.8 Å². The summed E-state index contributed by atoms with van der Waals surface area (Å²) in [6.07, 6.45) is -5.94. The van der Waals surface area contributed by atoms with Gasteiger partial charge in [-0.15, -0.1) is 0 Å². The molecule has 4 rings (SSSR count). The summed E-state index contributed by atoms with van der Waals surface area (Å²) in [5.74, 6) is -3.56. The molecule has 1 heterocycles. The first-order valence-electron chi connectivity index (χ1n) is 12.5. The van der Waals surface area contributed by atoms with Gasteiger partial charge < -0.3 is 35.0 Å². The summed E-state index contributed by atoms with van der Waals surface area (Å²) >= 11 is 0. The topological polar surface area (TPSA) is 154 Å². The average molecular weight is 724 g/mol. The molecule has 10 heteroatoms. The van der Waals surface area contributed by atoms with Crippen LogP contribution in [0, 0.1) is 72.6 Å². The summed E-state index contributed by atoms with van der Waals surface area (Å²) < 4.78 is 11.2. The van der Waals surface area contributed by atoms with Crippen molar-refractivity contribution in [2.75, 3.05) is 6.61 Å². The second-order valence-corrected chi connectivity index (χ2v) is 12.3. The van der Waals surface area contributed by atoms with Gasteiger partial charge in [0.1, 0.15) is 17.8 Å². The summed E-state index contributed by atoms with van der Waals surface area (Å²) in [4.78, 5) is 26.6. The molecule has 2 bridgehead atoms. The van der Waals surface area contributed by atoms with Crippen LogP contribution in [0.5, 0.6) is 0 Å². The van der Waals surface area contributed by atoms with E-state index in [2.05, 4.69) is 0 Å². The summed E-state index contributed by atoms with van der Waals surface area (Å²) in [5.41, 5.74) is -5.11. The van der Waals surface area contributed by atoms with Gasteiger partial charge in [0.05, 0.1) is 29.8 Å². The second kappa shape index (κ2) is 9.62. The molecule has 7 unspecified atom stereocenters. The van der Waals surface area contributed by atoms with Gasteiger partial charge in [-0.1, -0.05) is 34.6 Å². The van der Waals surface area contributed by atoms with E-state index in [1.807, 2.05) is 0 Å². The molecule has 4 aliphatic rings. The molecule has 0 aromatic rings. The van der Waals surface area contributed by atoms with Crippen LogP contribution >= 0.6 is 0 Å². The molecule has 2 saturated carbocycles. The van der Waals surface area contributed by atoms with Crippen LogP contribution in [-0.4, -0.2) is 85.6 Å². The van der Waals surface area contributed by atoms with Gasteiger partial charge in [-0.2, -0.15) is 0 Å². The first-order chi connectivity index (χ1) is 16.0. The van der Waals surface area contributed by atoms with E-state index in [4.69, 9.17) is 9.47 Å². The summed E-state index contributed by atoms with van der Waals surface area (Å²) in [7, 11) is 0. The fraction of sp³-hybridized carbons (Fsp3) is 0.846. The zero-order valence-corrected chi connectivity index (χ0v) is 26.9. The monoisotopic (exact) mass is 723 g/mol. The first-order valence-corrected chi connectivity index (χ1v) is 12.5.